The van der Waals surface area contributed by atoms with E-state index in [-0.39, 0.29) is 21.9 Å². The molecule has 0 amide bonds. The van der Waals surface area contributed by atoms with E-state index in [1.54, 1.807) is 6.07 Å². The number of benzene rings is 3. The van der Waals surface area contributed by atoms with Crippen LogP contribution in [0.1, 0.15) is 30.4 Å². The largest absolute Gasteiger partial charge is 0.433 e. The summed E-state index contributed by atoms with van der Waals surface area (Å²) >= 11 is 0. The minimum absolute atomic E-state index is 0.0157. The van der Waals surface area contributed by atoms with Crippen molar-refractivity contribution >= 4 is 25.5 Å². The molecule has 0 saturated carbocycles. The third-order valence-electron chi connectivity index (χ3n) is 6.62. The number of hydrogen-bond donors (Lipinski definition) is 1. The van der Waals surface area contributed by atoms with Crippen molar-refractivity contribution < 1.29 is 39.9 Å². The van der Waals surface area contributed by atoms with Crippen molar-refractivity contribution in [1.82, 2.24) is 0 Å². The molecule has 0 spiro atoms. The zero-order valence-corrected chi connectivity index (χ0v) is 23.6. The van der Waals surface area contributed by atoms with Crippen LogP contribution in [0, 0.1) is 11.8 Å². The first-order valence-corrected chi connectivity index (χ1v) is 16.0. The second kappa shape index (κ2) is 11.9. The van der Waals surface area contributed by atoms with E-state index in [1.807, 2.05) is 5.92 Å². The van der Waals surface area contributed by atoms with Crippen molar-refractivity contribution in [3.05, 3.63) is 90.0 Å². The molecular formula is C29H28F3NO6S2. The van der Waals surface area contributed by atoms with Crippen LogP contribution in [0.25, 0.3) is 0 Å². The molecule has 0 aromatic heterocycles. The van der Waals surface area contributed by atoms with Crippen LogP contribution < -0.4 is 4.31 Å². The molecule has 1 N–H and O–H groups in total. The van der Waals surface area contributed by atoms with Gasteiger partial charge in [-0.2, -0.15) is 13.2 Å². The van der Waals surface area contributed by atoms with Crippen LogP contribution in [0.3, 0.4) is 0 Å². The topological polar surface area (TPSA) is 101 Å². The smallest absolute Gasteiger partial charge is 0.376 e. The Hall–Kier alpha value is -3.37. The quantitative estimate of drug-likeness (QED) is 0.393. The van der Waals surface area contributed by atoms with Crippen molar-refractivity contribution in [1.29, 1.82) is 0 Å². The van der Waals surface area contributed by atoms with E-state index in [9.17, 15) is 35.1 Å². The maximum absolute atomic E-state index is 14.6. The summed E-state index contributed by atoms with van der Waals surface area (Å²) in [6.45, 7) is 0.115. The Morgan fingerprint density at radius 3 is 2.12 bits per heavy atom. The average Bonchev–Trinajstić information content (AvgIpc) is 2.95. The van der Waals surface area contributed by atoms with E-state index >= 15 is 0 Å². The van der Waals surface area contributed by atoms with Gasteiger partial charge in [0.15, 0.2) is 9.84 Å². The highest BCUT2D eigenvalue weighted by molar-refractivity contribution is 7.92. The molecule has 2 atom stereocenters. The fraction of sp³-hybridized carbons (Fsp3) is 0.310. The fourth-order valence-corrected chi connectivity index (χ4v) is 6.58. The van der Waals surface area contributed by atoms with Crippen molar-refractivity contribution in [2.75, 3.05) is 23.7 Å². The fourth-order valence-electron chi connectivity index (χ4n) is 4.42. The SMILES string of the molecule is CS(=O)(=O)c1ccc(C#CC(O)(c2ccccc2N(CC2CCCCO2)S(=O)(=O)c2ccccc2)C(F)(F)F)cc1. The van der Waals surface area contributed by atoms with E-state index in [1.165, 1.54) is 66.7 Å². The lowest BCUT2D eigenvalue weighted by Crippen LogP contribution is -2.45. The first-order chi connectivity index (χ1) is 19.2. The zero-order chi connectivity index (χ0) is 29.9. The predicted molar refractivity (Wildman–Crippen MR) is 147 cm³/mol. The molecule has 0 bridgehead atoms. The molecule has 12 heteroatoms. The van der Waals surface area contributed by atoms with Crippen LogP contribution in [-0.2, 0) is 30.2 Å². The molecule has 1 aliphatic heterocycles. The summed E-state index contributed by atoms with van der Waals surface area (Å²) in [5.74, 6) is 4.17. The lowest BCUT2D eigenvalue weighted by molar-refractivity contribution is -0.240. The van der Waals surface area contributed by atoms with Crippen molar-refractivity contribution in [2.24, 2.45) is 0 Å². The monoisotopic (exact) mass is 607 g/mol. The number of halogens is 3. The predicted octanol–water partition coefficient (Wildman–Crippen LogP) is 4.66. The third-order valence-corrected chi connectivity index (χ3v) is 9.54. The van der Waals surface area contributed by atoms with Gasteiger partial charge < -0.3 is 9.84 Å². The number of hydrogen-bond acceptors (Lipinski definition) is 6. The molecule has 3 aromatic carbocycles. The molecule has 1 heterocycles. The molecule has 1 fully saturated rings. The molecule has 3 aromatic rings. The van der Waals surface area contributed by atoms with Crippen molar-refractivity contribution in [2.45, 2.75) is 46.9 Å². The van der Waals surface area contributed by atoms with Gasteiger partial charge in [0.2, 0.25) is 0 Å². The number of nitrogens with zero attached hydrogens (tertiary/aromatic N) is 1. The highest BCUT2D eigenvalue weighted by Gasteiger charge is 2.56. The normalized spacial score (nSPS) is 17.6. The Kier molecular flexibility index (Phi) is 8.84. The molecule has 41 heavy (non-hydrogen) atoms. The molecule has 4 rings (SSSR count). The second-order valence-corrected chi connectivity index (χ2v) is 13.5. The number of sulfone groups is 1. The molecule has 218 valence electrons. The molecule has 1 aliphatic rings. The van der Waals surface area contributed by atoms with E-state index in [2.05, 4.69) is 5.92 Å². The Morgan fingerprint density at radius 1 is 0.902 bits per heavy atom. The van der Waals surface area contributed by atoms with Gasteiger partial charge in [-0.15, -0.1) is 0 Å². The standard InChI is InChI=1S/C29H28F3NO6S2/c1-40(35,36)24-16-14-22(15-17-24)18-19-28(34,29(30,31)32)26-12-5-6-13-27(26)33(21-23-9-7-8-20-39-23)41(37,38)25-10-3-2-4-11-25/h2-6,10-17,23,34H,7-9,20-21H2,1H3. The average molecular weight is 608 g/mol. The van der Waals surface area contributed by atoms with E-state index in [0.29, 0.717) is 13.0 Å². The zero-order valence-electron chi connectivity index (χ0n) is 22.0. The summed E-state index contributed by atoms with van der Waals surface area (Å²) in [5.41, 5.74) is -4.94. The van der Waals surface area contributed by atoms with Crippen LogP contribution in [0.2, 0.25) is 0 Å². The van der Waals surface area contributed by atoms with Crippen LogP contribution >= 0.6 is 0 Å². The second-order valence-electron chi connectivity index (χ2n) is 9.61. The molecule has 0 radical (unpaired) electrons. The van der Waals surface area contributed by atoms with Crippen molar-refractivity contribution in [3.8, 4) is 11.8 Å². The van der Waals surface area contributed by atoms with Gasteiger partial charge in [0.1, 0.15) is 0 Å². The van der Waals surface area contributed by atoms with E-state index < -0.39 is 49.0 Å². The molecular weight excluding hydrogens is 579 g/mol. The van der Waals surface area contributed by atoms with Gasteiger partial charge in [-0.05, 0) is 67.6 Å². The van der Waals surface area contributed by atoms with E-state index in [4.69, 9.17) is 4.74 Å². The van der Waals surface area contributed by atoms with Crippen LogP contribution in [0.4, 0.5) is 18.9 Å². The Balaban J connectivity index is 1.86. The number of anilines is 1. The van der Waals surface area contributed by atoms with Gasteiger partial charge in [-0.3, -0.25) is 4.31 Å². The Morgan fingerprint density at radius 2 is 1.54 bits per heavy atom. The van der Waals surface area contributed by atoms with Gasteiger partial charge >= 0.3 is 6.18 Å². The van der Waals surface area contributed by atoms with Gasteiger partial charge in [0.25, 0.3) is 15.6 Å². The highest BCUT2D eigenvalue weighted by atomic mass is 32.2. The Bertz CT molecular complexity index is 1640. The highest BCUT2D eigenvalue weighted by Crippen LogP contribution is 2.44. The number of sulfonamides is 1. The number of aliphatic hydroxyl groups is 1. The van der Waals surface area contributed by atoms with Crippen LogP contribution in [0.15, 0.2) is 88.7 Å². The first kappa shape index (κ1) is 30.6. The van der Waals surface area contributed by atoms with Crippen LogP contribution in [-0.4, -0.2) is 53.6 Å². The maximum atomic E-state index is 14.6. The van der Waals surface area contributed by atoms with Gasteiger partial charge in [-0.25, -0.2) is 16.8 Å². The molecule has 1 saturated heterocycles. The molecule has 2 unspecified atom stereocenters. The number of ether oxygens (including phenoxy) is 1. The third kappa shape index (κ3) is 6.76. The Labute approximate surface area is 237 Å². The summed E-state index contributed by atoms with van der Waals surface area (Å²) in [7, 11) is -7.94. The summed E-state index contributed by atoms with van der Waals surface area (Å²) < 4.78 is 102. The summed E-state index contributed by atoms with van der Waals surface area (Å²) in [4.78, 5) is -0.190. The van der Waals surface area contributed by atoms with Gasteiger partial charge in [0.05, 0.1) is 28.1 Å². The number of para-hydroxylation sites is 1. The van der Waals surface area contributed by atoms with E-state index in [0.717, 1.165) is 29.5 Å². The first-order valence-electron chi connectivity index (χ1n) is 12.6. The lowest BCUT2D eigenvalue weighted by atomic mass is 9.91. The van der Waals surface area contributed by atoms with Crippen molar-refractivity contribution in [3.63, 3.8) is 0 Å². The summed E-state index contributed by atoms with van der Waals surface area (Å²) in [6, 6.07) is 16.9. The maximum Gasteiger partial charge on any atom is 0.433 e. The van der Waals surface area contributed by atoms with Gasteiger partial charge in [0, 0.05) is 24.0 Å². The summed E-state index contributed by atoms with van der Waals surface area (Å²) in [6.07, 6.45) is -2.87. The number of alkyl halides is 3. The van der Waals surface area contributed by atoms with Gasteiger partial charge in [-0.1, -0.05) is 42.3 Å². The minimum Gasteiger partial charge on any atom is -0.376 e. The summed E-state index contributed by atoms with van der Waals surface area (Å²) in [5, 5.41) is 11.2. The molecule has 0 aliphatic carbocycles. The number of rotatable bonds is 7. The lowest BCUT2D eigenvalue weighted by Gasteiger charge is -2.35. The molecule has 7 nitrogen and oxygen atoms in total. The van der Waals surface area contributed by atoms with Crippen LogP contribution in [0.5, 0.6) is 0 Å². The minimum atomic E-state index is -5.34.